The fourth-order valence-corrected chi connectivity index (χ4v) is 4.46. The molecule has 1 aliphatic heterocycles. The minimum atomic E-state index is -3.59. The number of sulfonamides is 1. The summed E-state index contributed by atoms with van der Waals surface area (Å²) in [5.74, 6) is 0.406. The highest BCUT2D eigenvalue weighted by atomic mass is 32.2. The lowest BCUT2D eigenvalue weighted by Crippen LogP contribution is -2.34. The van der Waals surface area contributed by atoms with Crippen LogP contribution in [0.5, 0.6) is 0 Å². The summed E-state index contributed by atoms with van der Waals surface area (Å²) in [6, 6.07) is 14.1. The first kappa shape index (κ1) is 21.3. The third kappa shape index (κ3) is 5.16. The lowest BCUT2D eigenvalue weighted by molar-refractivity contribution is 0.0939. The van der Waals surface area contributed by atoms with Gasteiger partial charge in [0.25, 0.3) is 5.91 Å². The predicted octanol–water partition coefficient (Wildman–Crippen LogP) is 3.32. The van der Waals surface area contributed by atoms with Crippen molar-refractivity contribution < 1.29 is 13.2 Å². The summed E-state index contributed by atoms with van der Waals surface area (Å²) in [6.07, 6.45) is 2.51. The Bertz CT molecular complexity index is 958. The molecule has 0 bridgehead atoms. The zero-order valence-corrected chi connectivity index (χ0v) is 18.0. The number of nitrogens with zero attached hydrogens (tertiary/aromatic N) is 1. The minimum Gasteiger partial charge on any atom is -0.371 e. The Labute approximate surface area is 173 Å². The lowest BCUT2D eigenvalue weighted by atomic mass is 9.99. The molecular formula is C22H29N3O3S. The van der Waals surface area contributed by atoms with Crippen molar-refractivity contribution in [3.63, 3.8) is 0 Å². The van der Waals surface area contributed by atoms with Crippen molar-refractivity contribution in [3.05, 3.63) is 59.7 Å². The highest BCUT2D eigenvalue weighted by Crippen LogP contribution is 2.25. The van der Waals surface area contributed by atoms with E-state index in [9.17, 15) is 13.2 Å². The van der Waals surface area contributed by atoms with E-state index in [-0.39, 0.29) is 16.8 Å². The first-order valence-electron chi connectivity index (χ1n) is 9.99. The van der Waals surface area contributed by atoms with E-state index >= 15 is 0 Å². The number of piperidine rings is 1. The summed E-state index contributed by atoms with van der Waals surface area (Å²) in [5, 5.41) is 2.95. The number of carbonyl (C=O) groups excluding carboxylic acids is 1. The van der Waals surface area contributed by atoms with Gasteiger partial charge in [-0.3, -0.25) is 4.79 Å². The van der Waals surface area contributed by atoms with Gasteiger partial charge in [-0.05, 0) is 68.6 Å². The van der Waals surface area contributed by atoms with Crippen molar-refractivity contribution in [2.24, 2.45) is 5.92 Å². The lowest BCUT2D eigenvalue weighted by Gasteiger charge is -2.33. The van der Waals surface area contributed by atoms with Crippen LogP contribution in [-0.4, -0.2) is 34.5 Å². The second kappa shape index (κ2) is 8.97. The maximum atomic E-state index is 12.6. The van der Waals surface area contributed by atoms with Gasteiger partial charge < -0.3 is 10.2 Å². The van der Waals surface area contributed by atoms with Gasteiger partial charge in [0.1, 0.15) is 0 Å². The Kier molecular flexibility index (Phi) is 6.59. The molecule has 0 radical (unpaired) electrons. The number of amides is 1. The van der Waals surface area contributed by atoms with E-state index in [1.807, 2.05) is 19.1 Å². The largest absolute Gasteiger partial charge is 0.371 e. The van der Waals surface area contributed by atoms with E-state index in [0.29, 0.717) is 11.5 Å². The Morgan fingerprint density at radius 3 is 2.55 bits per heavy atom. The molecule has 2 N–H and O–H groups in total. The molecule has 2 aromatic rings. The summed E-state index contributed by atoms with van der Waals surface area (Å²) < 4.78 is 26.2. The van der Waals surface area contributed by atoms with Gasteiger partial charge >= 0.3 is 0 Å². The molecule has 1 saturated heterocycles. The van der Waals surface area contributed by atoms with Gasteiger partial charge in [0, 0.05) is 24.3 Å². The normalized spacial score (nSPS) is 18.3. The van der Waals surface area contributed by atoms with Crippen molar-refractivity contribution >= 4 is 21.6 Å². The third-order valence-electron chi connectivity index (χ3n) is 5.44. The Morgan fingerprint density at radius 1 is 1.17 bits per heavy atom. The number of nitrogens with one attached hydrogen (secondary N) is 2. The van der Waals surface area contributed by atoms with Crippen LogP contribution >= 0.6 is 0 Å². The first-order valence-corrected chi connectivity index (χ1v) is 11.5. The van der Waals surface area contributed by atoms with E-state index in [1.165, 1.54) is 37.7 Å². The molecule has 29 heavy (non-hydrogen) atoms. The van der Waals surface area contributed by atoms with E-state index in [0.717, 1.165) is 18.7 Å². The molecule has 2 atom stereocenters. The van der Waals surface area contributed by atoms with Crippen LogP contribution in [0.2, 0.25) is 0 Å². The van der Waals surface area contributed by atoms with Crippen molar-refractivity contribution in [1.29, 1.82) is 0 Å². The average Bonchev–Trinajstić information content (AvgIpc) is 2.74. The molecule has 0 unspecified atom stereocenters. The van der Waals surface area contributed by atoms with Crippen molar-refractivity contribution in [1.82, 2.24) is 10.0 Å². The van der Waals surface area contributed by atoms with Crippen LogP contribution in [0.1, 0.15) is 48.7 Å². The molecule has 6 nitrogen and oxygen atoms in total. The maximum Gasteiger partial charge on any atom is 0.251 e. The van der Waals surface area contributed by atoms with Crippen LogP contribution in [0.25, 0.3) is 0 Å². The number of hydrogen-bond donors (Lipinski definition) is 2. The van der Waals surface area contributed by atoms with Crippen LogP contribution in [0.3, 0.4) is 0 Å². The van der Waals surface area contributed by atoms with E-state index in [1.54, 1.807) is 12.1 Å². The highest BCUT2D eigenvalue weighted by Gasteiger charge is 2.18. The summed E-state index contributed by atoms with van der Waals surface area (Å²) in [7, 11) is -2.24. The number of hydrogen-bond acceptors (Lipinski definition) is 4. The van der Waals surface area contributed by atoms with Crippen LogP contribution in [0.15, 0.2) is 53.4 Å². The monoisotopic (exact) mass is 415 g/mol. The van der Waals surface area contributed by atoms with Crippen molar-refractivity contribution in [2.75, 3.05) is 25.0 Å². The number of rotatable bonds is 6. The number of carbonyl (C=O) groups is 1. The van der Waals surface area contributed by atoms with E-state index < -0.39 is 10.0 Å². The Hall–Kier alpha value is -2.38. The van der Waals surface area contributed by atoms with Crippen LogP contribution in [0, 0.1) is 5.92 Å². The van der Waals surface area contributed by atoms with Gasteiger partial charge in [0.05, 0.1) is 10.9 Å². The van der Waals surface area contributed by atoms with Gasteiger partial charge in [-0.25, -0.2) is 13.1 Å². The Balaban J connectivity index is 1.68. The summed E-state index contributed by atoms with van der Waals surface area (Å²) >= 11 is 0. The van der Waals surface area contributed by atoms with E-state index in [2.05, 4.69) is 34.0 Å². The molecule has 0 saturated carbocycles. The predicted molar refractivity (Wildman–Crippen MR) is 116 cm³/mol. The van der Waals surface area contributed by atoms with E-state index in [4.69, 9.17) is 0 Å². The molecule has 7 heteroatoms. The van der Waals surface area contributed by atoms with Crippen LogP contribution < -0.4 is 14.9 Å². The summed E-state index contributed by atoms with van der Waals surface area (Å²) in [5.41, 5.74) is 2.53. The fourth-order valence-electron chi connectivity index (χ4n) is 3.68. The molecule has 1 fully saturated rings. The molecule has 156 valence electrons. The fraction of sp³-hybridized carbons (Fsp3) is 0.409. The van der Waals surface area contributed by atoms with Crippen LogP contribution in [-0.2, 0) is 10.0 Å². The molecule has 0 aliphatic carbocycles. The van der Waals surface area contributed by atoms with Gasteiger partial charge in [-0.1, -0.05) is 25.1 Å². The standard InChI is InChI=1S/C22H29N3O3S/c1-16-6-5-13-25(15-16)20-11-9-18(10-12-20)17(2)24-22(26)19-7-4-8-21(14-19)29(27,28)23-3/h4,7-12,14,16-17,23H,5-6,13,15H2,1-3H3,(H,24,26)/t16-,17+/m1/s1. The minimum absolute atomic E-state index is 0.0698. The number of anilines is 1. The first-order chi connectivity index (χ1) is 13.8. The summed E-state index contributed by atoms with van der Waals surface area (Å²) in [4.78, 5) is 15.1. The SMILES string of the molecule is CNS(=O)(=O)c1cccc(C(=O)N[C@@H](C)c2ccc(N3CCC[C@@H](C)C3)cc2)c1. The molecule has 2 aromatic carbocycles. The summed E-state index contributed by atoms with van der Waals surface area (Å²) in [6.45, 7) is 6.37. The molecule has 1 amide bonds. The molecule has 1 aliphatic rings. The second-order valence-electron chi connectivity index (χ2n) is 7.72. The Morgan fingerprint density at radius 2 is 1.90 bits per heavy atom. The zero-order chi connectivity index (χ0) is 21.0. The maximum absolute atomic E-state index is 12.6. The van der Waals surface area contributed by atoms with Gasteiger partial charge in [-0.15, -0.1) is 0 Å². The van der Waals surface area contributed by atoms with Gasteiger partial charge in [0.15, 0.2) is 0 Å². The van der Waals surface area contributed by atoms with Crippen molar-refractivity contribution in [2.45, 2.75) is 37.6 Å². The molecule has 0 aromatic heterocycles. The van der Waals surface area contributed by atoms with Gasteiger partial charge in [0.2, 0.25) is 10.0 Å². The van der Waals surface area contributed by atoms with Crippen LogP contribution in [0.4, 0.5) is 5.69 Å². The van der Waals surface area contributed by atoms with Gasteiger partial charge in [-0.2, -0.15) is 0 Å². The average molecular weight is 416 g/mol. The third-order valence-corrected chi connectivity index (χ3v) is 6.85. The molecule has 3 rings (SSSR count). The second-order valence-corrected chi connectivity index (χ2v) is 9.60. The highest BCUT2D eigenvalue weighted by molar-refractivity contribution is 7.89. The number of benzene rings is 2. The molecular weight excluding hydrogens is 386 g/mol. The quantitative estimate of drug-likeness (QED) is 0.759. The molecule has 0 spiro atoms. The topological polar surface area (TPSA) is 78.5 Å². The zero-order valence-electron chi connectivity index (χ0n) is 17.2. The smallest absolute Gasteiger partial charge is 0.251 e. The molecule has 1 heterocycles. The van der Waals surface area contributed by atoms with Crippen molar-refractivity contribution in [3.8, 4) is 0 Å².